The maximum Gasteiger partial charge on any atom is 0.315 e. The lowest BCUT2D eigenvalue weighted by Gasteiger charge is -2.15. The Bertz CT molecular complexity index is 427. The Labute approximate surface area is 124 Å². The van der Waals surface area contributed by atoms with Gasteiger partial charge < -0.3 is 15.4 Å². The third-order valence-electron chi connectivity index (χ3n) is 3.46. The quantitative estimate of drug-likeness (QED) is 0.848. The van der Waals surface area contributed by atoms with E-state index < -0.39 is 0 Å². The molecule has 0 saturated carbocycles. The molecule has 20 heavy (non-hydrogen) atoms. The molecule has 1 aromatic rings. The summed E-state index contributed by atoms with van der Waals surface area (Å²) in [5.41, 5.74) is 0. The summed E-state index contributed by atoms with van der Waals surface area (Å²) in [7, 11) is 0. The van der Waals surface area contributed by atoms with E-state index in [0.29, 0.717) is 12.6 Å². The van der Waals surface area contributed by atoms with Crippen molar-refractivity contribution in [3.8, 4) is 0 Å². The Kier molecular flexibility index (Phi) is 5.86. The van der Waals surface area contributed by atoms with Gasteiger partial charge in [0.15, 0.2) is 0 Å². The number of hydrogen-bond acceptors (Lipinski definition) is 3. The van der Waals surface area contributed by atoms with Gasteiger partial charge in [-0.15, -0.1) is 11.3 Å². The Morgan fingerprint density at radius 1 is 1.55 bits per heavy atom. The number of carbonyl (C=O) groups is 1. The molecule has 1 aromatic heterocycles. The number of carbonyl (C=O) groups excluding carboxylic acids is 1. The molecule has 1 saturated heterocycles. The molecule has 1 fully saturated rings. The van der Waals surface area contributed by atoms with Crippen LogP contribution in [0.15, 0.2) is 12.1 Å². The highest BCUT2D eigenvalue weighted by molar-refractivity contribution is 7.11. The van der Waals surface area contributed by atoms with E-state index in [4.69, 9.17) is 4.74 Å². The van der Waals surface area contributed by atoms with Crippen LogP contribution in [0.3, 0.4) is 0 Å². The summed E-state index contributed by atoms with van der Waals surface area (Å²) < 4.78 is 5.53. The molecule has 112 valence electrons. The normalized spacial score (nSPS) is 19.8. The number of urea groups is 1. The maximum absolute atomic E-state index is 11.8. The van der Waals surface area contributed by atoms with Crippen LogP contribution < -0.4 is 10.6 Å². The van der Waals surface area contributed by atoms with Gasteiger partial charge in [0.1, 0.15) is 0 Å². The molecule has 2 heterocycles. The molecule has 0 aromatic carbocycles. The minimum atomic E-state index is -0.0798. The van der Waals surface area contributed by atoms with E-state index in [1.165, 1.54) is 9.75 Å². The van der Waals surface area contributed by atoms with Gasteiger partial charge in [-0.3, -0.25) is 0 Å². The molecule has 5 heteroatoms. The summed E-state index contributed by atoms with van der Waals surface area (Å²) >= 11 is 1.79. The monoisotopic (exact) mass is 296 g/mol. The van der Waals surface area contributed by atoms with Crippen LogP contribution in [0.25, 0.3) is 0 Å². The second-order valence-corrected chi connectivity index (χ2v) is 6.81. The van der Waals surface area contributed by atoms with Gasteiger partial charge in [0, 0.05) is 35.4 Å². The zero-order valence-electron chi connectivity index (χ0n) is 12.3. The molecular formula is C15H24N2O2S. The van der Waals surface area contributed by atoms with Gasteiger partial charge in [-0.05, 0) is 45.2 Å². The van der Waals surface area contributed by atoms with Crippen molar-refractivity contribution in [2.75, 3.05) is 13.2 Å². The van der Waals surface area contributed by atoms with Gasteiger partial charge in [0.05, 0.1) is 6.10 Å². The highest BCUT2D eigenvalue weighted by Crippen LogP contribution is 2.16. The van der Waals surface area contributed by atoms with Gasteiger partial charge in [-0.1, -0.05) is 0 Å². The average Bonchev–Trinajstić information content (AvgIpc) is 3.01. The average molecular weight is 296 g/mol. The van der Waals surface area contributed by atoms with E-state index in [-0.39, 0.29) is 12.1 Å². The molecule has 0 spiro atoms. The van der Waals surface area contributed by atoms with Gasteiger partial charge in [-0.2, -0.15) is 0 Å². The molecule has 0 radical (unpaired) electrons. The van der Waals surface area contributed by atoms with Crippen molar-refractivity contribution >= 4 is 17.4 Å². The van der Waals surface area contributed by atoms with Crippen molar-refractivity contribution in [1.29, 1.82) is 0 Å². The topological polar surface area (TPSA) is 50.4 Å². The molecule has 0 aliphatic carbocycles. The van der Waals surface area contributed by atoms with Crippen molar-refractivity contribution in [2.45, 2.75) is 51.7 Å². The Balaban J connectivity index is 1.60. The Hall–Kier alpha value is -1.07. The molecule has 1 aliphatic rings. The largest absolute Gasteiger partial charge is 0.378 e. The van der Waals surface area contributed by atoms with Gasteiger partial charge >= 0.3 is 6.03 Å². The molecule has 4 nitrogen and oxygen atoms in total. The number of aryl methyl sites for hydroxylation is 1. The zero-order valence-corrected chi connectivity index (χ0v) is 13.1. The molecule has 2 N–H and O–H groups in total. The summed E-state index contributed by atoms with van der Waals surface area (Å²) in [5.74, 6) is 0. The van der Waals surface area contributed by atoms with Crippen molar-refractivity contribution in [2.24, 2.45) is 0 Å². The lowest BCUT2D eigenvalue weighted by Crippen LogP contribution is -2.42. The van der Waals surface area contributed by atoms with E-state index >= 15 is 0 Å². The first-order valence-electron chi connectivity index (χ1n) is 7.35. The van der Waals surface area contributed by atoms with Crippen LogP contribution in [0.4, 0.5) is 4.79 Å². The second-order valence-electron chi connectivity index (χ2n) is 5.44. The minimum Gasteiger partial charge on any atom is -0.378 e. The first kappa shape index (κ1) is 15.3. The fraction of sp³-hybridized carbons (Fsp3) is 0.667. The molecule has 2 amide bonds. The van der Waals surface area contributed by atoms with E-state index in [1.54, 1.807) is 11.3 Å². The minimum absolute atomic E-state index is 0.0798. The smallest absolute Gasteiger partial charge is 0.315 e. The predicted octanol–water partition coefficient (Wildman–Crippen LogP) is 2.86. The van der Waals surface area contributed by atoms with Crippen LogP contribution in [-0.2, 0) is 11.2 Å². The van der Waals surface area contributed by atoms with E-state index in [9.17, 15) is 4.79 Å². The van der Waals surface area contributed by atoms with E-state index in [0.717, 1.165) is 32.3 Å². The predicted molar refractivity (Wildman–Crippen MR) is 82.3 cm³/mol. The van der Waals surface area contributed by atoms with Gasteiger partial charge in [-0.25, -0.2) is 4.79 Å². The van der Waals surface area contributed by atoms with Crippen molar-refractivity contribution in [3.05, 3.63) is 21.9 Å². The molecule has 1 aliphatic heterocycles. The summed E-state index contributed by atoms with van der Waals surface area (Å²) in [6.07, 6.45) is 4.40. The van der Waals surface area contributed by atoms with Crippen LogP contribution in [-0.4, -0.2) is 31.3 Å². The van der Waals surface area contributed by atoms with Crippen molar-refractivity contribution in [1.82, 2.24) is 10.6 Å². The van der Waals surface area contributed by atoms with E-state index in [1.807, 2.05) is 6.92 Å². The van der Waals surface area contributed by atoms with E-state index in [2.05, 4.69) is 29.7 Å². The van der Waals surface area contributed by atoms with Crippen molar-refractivity contribution in [3.63, 3.8) is 0 Å². The summed E-state index contributed by atoms with van der Waals surface area (Å²) in [6, 6.07) is 4.32. The molecule has 2 rings (SSSR count). The molecule has 0 unspecified atom stereocenters. The van der Waals surface area contributed by atoms with Crippen LogP contribution in [0.5, 0.6) is 0 Å². The van der Waals surface area contributed by atoms with Crippen LogP contribution >= 0.6 is 11.3 Å². The molecule has 2 atom stereocenters. The summed E-state index contributed by atoms with van der Waals surface area (Å²) in [5, 5.41) is 5.88. The third kappa shape index (κ3) is 5.13. The number of nitrogens with one attached hydrogen (secondary N) is 2. The fourth-order valence-electron chi connectivity index (χ4n) is 2.44. The number of amides is 2. The highest BCUT2D eigenvalue weighted by Gasteiger charge is 2.15. The van der Waals surface area contributed by atoms with Crippen LogP contribution in [0.2, 0.25) is 0 Å². The number of hydrogen-bond donors (Lipinski definition) is 2. The molecule has 0 bridgehead atoms. The number of thiophene rings is 1. The first-order chi connectivity index (χ1) is 9.63. The fourth-order valence-corrected chi connectivity index (χ4v) is 3.46. The molecular weight excluding hydrogens is 272 g/mol. The first-order valence-corrected chi connectivity index (χ1v) is 8.16. The van der Waals surface area contributed by atoms with Gasteiger partial charge in [0.25, 0.3) is 0 Å². The lowest BCUT2D eigenvalue weighted by molar-refractivity contribution is 0.104. The summed E-state index contributed by atoms with van der Waals surface area (Å²) in [4.78, 5) is 14.4. The number of rotatable bonds is 6. The highest BCUT2D eigenvalue weighted by atomic mass is 32.1. The second kappa shape index (κ2) is 7.64. The van der Waals surface area contributed by atoms with Gasteiger partial charge in [0.2, 0.25) is 0 Å². The maximum atomic E-state index is 11.8. The van der Waals surface area contributed by atoms with Crippen LogP contribution in [0, 0.1) is 6.92 Å². The lowest BCUT2D eigenvalue weighted by atomic mass is 10.2. The SMILES string of the molecule is Cc1ccc(C[C@@H](C)NC(=O)NCC[C@@H]2CCCO2)s1. The van der Waals surface area contributed by atoms with Crippen LogP contribution in [0.1, 0.15) is 35.9 Å². The number of ether oxygens (including phenoxy) is 1. The standard InChI is InChI=1S/C15H24N2O2S/c1-11(10-14-6-5-12(2)20-14)17-15(18)16-8-7-13-4-3-9-19-13/h5-6,11,13H,3-4,7-10H2,1-2H3,(H2,16,17,18)/t11-,13+/m1/s1. The zero-order chi connectivity index (χ0) is 14.4. The third-order valence-corrected chi connectivity index (χ3v) is 4.48. The van der Waals surface area contributed by atoms with Crippen molar-refractivity contribution < 1.29 is 9.53 Å². The Morgan fingerprint density at radius 2 is 2.40 bits per heavy atom. The summed E-state index contributed by atoms with van der Waals surface area (Å²) in [6.45, 7) is 5.69. The Morgan fingerprint density at radius 3 is 3.05 bits per heavy atom.